The van der Waals surface area contributed by atoms with Crippen molar-refractivity contribution >= 4 is 0 Å². The third-order valence-electron chi connectivity index (χ3n) is 19.3. The Labute approximate surface area is 383 Å². The van der Waals surface area contributed by atoms with Gasteiger partial charge in [0.2, 0.25) is 0 Å². The van der Waals surface area contributed by atoms with E-state index in [1.54, 1.807) is 14.0 Å². The molecule has 24 atom stereocenters. The van der Waals surface area contributed by atoms with E-state index in [2.05, 4.69) is 54.5 Å². The fourth-order valence-electron chi connectivity index (χ4n) is 15.2. The molecular weight excluding hydrogens is 849 g/mol. The highest BCUT2D eigenvalue weighted by Gasteiger charge is 2.72. The average molecular weight is 929 g/mol. The molecule has 17 nitrogen and oxygen atoms in total. The van der Waals surface area contributed by atoms with Crippen molar-refractivity contribution in [3.63, 3.8) is 0 Å². The minimum atomic E-state index is -1.80. The summed E-state index contributed by atoms with van der Waals surface area (Å²) in [5.41, 5.74) is -0.503. The second-order valence-electron chi connectivity index (χ2n) is 23.5. The van der Waals surface area contributed by atoms with Gasteiger partial charge in [-0.15, -0.1) is 0 Å². The summed E-state index contributed by atoms with van der Waals surface area (Å²) >= 11 is 0. The lowest BCUT2D eigenvalue weighted by Crippen LogP contribution is -2.70. The van der Waals surface area contributed by atoms with Crippen molar-refractivity contribution in [2.24, 2.45) is 50.2 Å². The Morgan fingerprint density at radius 2 is 1.34 bits per heavy atom. The molecule has 65 heavy (non-hydrogen) atoms. The van der Waals surface area contributed by atoms with Gasteiger partial charge in [0.15, 0.2) is 18.9 Å². The van der Waals surface area contributed by atoms with E-state index in [9.17, 15) is 51.1 Å². The molecule has 3 aliphatic heterocycles. The van der Waals surface area contributed by atoms with Gasteiger partial charge in [-0.05, 0) is 97.2 Å². The molecule has 5 aliphatic carbocycles. The Balaban J connectivity index is 1.07. The smallest absolute Gasteiger partial charge is 0.187 e. The summed E-state index contributed by atoms with van der Waals surface area (Å²) in [6.45, 7) is 16.6. The molecule has 7 fully saturated rings. The van der Waals surface area contributed by atoms with Crippen LogP contribution in [-0.2, 0) is 33.2 Å². The molecule has 374 valence electrons. The van der Waals surface area contributed by atoms with E-state index >= 15 is 0 Å². The molecule has 0 bridgehead atoms. The van der Waals surface area contributed by atoms with Crippen LogP contribution in [0.25, 0.3) is 0 Å². The molecule has 8 aliphatic rings. The molecule has 0 spiro atoms. The van der Waals surface area contributed by atoms with Gasteiger partial charge < -0.3 is 84.2 Å². The predicted octanol–water partition coefficient (Wildman–Crippen LogP) is 0.876. The predicted molar refractivity (Wildman–Crippen MR) is 230 cm³/mol. The largest absolute Gasteiger partial charge is 0.396 e. The van der Waals surface area contributed by atoms with Gasteiger partial charge in [-0.25, -0.2) is 0 Å². The summed E-state index contributed by atoms with van der Waals surface area (Å²) in [5.74, 6) is 0.232. The summed E-state index contributed by atoms with van der Waals surface area (Å²) in [6.07, 6.45) is -13.9. The minimum Gasteiger partial charge on any atom is -0.396 e. The lowest BCUT2D eigenvalue weighted by atomic mass is 9.33. The number of methoxy groups -OCH3 is 1. The van der Waals surface area contributed by atoms with Gasteiger partial charge in [0, 0.05) is 18.4 Å². The topological polar surface area (TPSA) is 267 Å². The van der Waals surface area contributed by atoms with Gasteiger partial charge >= 0.3 is 0 Å². The maximum atomic E-state index is 12.2. The summed E-state index contributed by atoms with van der Waals surface area (Å²) in [6, 6.07) is 0. The second-order valence-corrected chi connectivity index (χ2v) is 23.5. The lowest BCUT2D eigenvalue weighted by molar-refractivity contribution is -0.393. The Hall–Kier alpha value is -0.940. The number of allylic oxidation sites excluding steroid dienone is 1. The van der Waals surface area contributed by atoms with Crippen molar-refractivity contribution in [1.29, 1.82) is 0 Å². The molecule has 3 heterocycles. The quantitative estimate of drug-likeness (QED) is 0.114. The van der Waals surface area contributed by atoms with Crippen molar-refractivity contribution in [3.05, 3.63) is 11.6 Å². The van der Waals surface area contributed by atoms with E-state index < -0.39 is 122 Å². The van der Waals surface area contributed by atoms with Crippen LogP contribution in [0.3, 0.4) is 0 Å². The van der Waals surface area contributed by atoms with Crippen LogP contribution in [0.5, 0.6) is 0 Å². The molecule has 0 amide bonds. The zero-order valence-electron chi connectivity index (χ0n) is 39.7. The second kappa shape index (κ2) is 17.7. The fraction of sp³-hybridized carbons (Fsp3) is 0.958. The fourth-order valence-corrected chi connectivity index (χ4v) is 15.2. The first-order chi connectivity index (χ1) is 30.4. The molecule has 10 N–H and O–H groups in total. The van der Waals surface area contributed by atoms with Crippen LogP contribution in [0, 0.1) is 50.2 Å². The van der Waals surface area contributed by atoms with E-state index in [1.165, 1.54) is 5.57 Å². The highest BCUT2D eigenvalue weighted by Crippen LogP contribution is 2.76. The maximum Gasteiger partial charge on any atom is 0.187 e. The molecule has 0 aromatic carbocycles. The number of hydrogen-bond donors (Lipinski definition) is 10. The van der Waals surface area contributed by atoms with E-state index in [0.29, 0.717) is 12.8 Å². The summed E-state index contributed by atoms with van der Waals surface area (Å²) in [5, 5.41) is 109. The molecule has 0 unspecified atom stereocenters. The standard InChI is InChI=1S/C48H80O17/c1-22-31(53)34(56)37(65-42-38(35(57)33(55)27(19-49)62-42)64-40-36(58)32(54)25(51)20-60-40)41(61-22)63-30-11-12-45(6)28(44(30,4)5)10-13-46(7)39(45)26(59-9)16-23-24-17-43(2,3)14-15-48(24,21-50)29(52)18-47(23,46)8/h16,22,24-42,49-58H,10-15,17-21H2,1-9H3/t22-,24+,25-,26+,27-,28+,29-,30+,31+,32+,33-,34+,35+,36-,37-,38-,39-,40+,41+,42+,45+,46-,47-,48-/m1/s1. The van der Waals surface area contributed by atoms with Crippen LogP contribution in [0.15, 0.2) is 11.6 Å². The van der Waals surface area contributed by atoms with Crippen LogP contribution in [0.2, 0.25) is 0 Å². The Morgan fingerprint density at radius 3 is 1.98 bits per heavy atom. The summed E-state index contributed by atoms with van der Waals surface area (Å²) in [4.78, 5) is 0. The molecule has 0 radical (unpaired) electrons. The zero-order chi connectivity index (χ0) is 47.6. The lowest BCUT2D eigenvalue weighted by Gasteiger charge is -2.73. The van der Waals surface area contributed by atoms with Gasteiger partial charge in [-0.3, -0.25) is 0 Å². The van der Waals surface area contributed by atoms with Gasteiger partial charge in [-0.2, -0.15) is 0 Å². The highest BCUT2D eigenvalue weighted by molar-refractivity contribution is 5.37. The molecule has 17 heteroatoms. The van der Waals surface area contributed by atoms with Gasteiger partial charge in [0.05, 0.1) is 44.2 Å². The Bertz CT molecular complexity index is 1730. The maximum absolute atomic E-state index is 12.2. The van der Waals surface area contributed by atoms with Crippen LogP contribution in [-0.4, -0.2) is 182 Å². The monoisotopic (exact) mass is 929 g/mol. The molecule has 8 rings (SSSR count). The van der Waals surface area contributed by atoms with Gasteiger partial charge in [0.1, 0.15) is 61.0 Å². The number of aliphatic hydroxyl groups excluding tert-OH is 10. The number of hydrogen-bond acceptors (Lipinski definition) is 17. The number of aliphatic hydroxyl groups is 10. The first kappa shape index (κ1) is 50.4. The van der Waals surface area contributed by atoms with Gasteiger partial charge in [0.25, 0.3) is 0 Å². The van der Waals surface area contributed by atoms with E-state index in [-0.39, 0.29) is 52.1 Å². The normalized spacial score (nSPS) is 55.2. The number of ether oxygens (including phenoxy) is 7. The molecule has 4 saturated carbocycles. The van der Waals surface area contributed by atoms with E-state index in [1.807, 2.05) is 0 Å². The Morgan fingerprint density at radius 1 is 0.692 bits per heavy atom. The van der Waals surface area contributed by atoms with Crippen molar-refractivity contribution in [1.82, 2.24) is 0 Å². The first-order valence-corrected chi connectivity index (χ1v) is 24.2. The SMILES string of the molecule is CO[C@H]1C=C2[C@@H]3CC(C)(C)CC[C@]3(CO)[C@H](O)C[C@@]2(C)[C@]2(C)CC[C@H]3C(C)(C)[C@@H](O[C@@H]4O[C@H](C)[C@H](O)[C@H](O)[C@H]4O[C@@H]4O[C@H](CO)[C@@H](O)[C@H](O)[C@H]4O[C@@H]4OC[C@@H](O)[C@H](O)[C@H]4O)CC[C@]3(C)[C@@H]12. The average Bonchev–Trinajstić information content (AvgIpc) is 3.24. The summed E-state index contributed by atoms with van der Waals surface area (Å²) in [7, 11) is 1.80. The summed E-state index contributed by atoms with van der Waals surface area (Å²) < 4.78 is 43.4. The van der Waals surface area contributed by atoms with Crippen LogP contribution in [0.4, 0.5) is 0 Å². The first-order valence-electron chi connectivity index (χ1n) is 24.2. The minimum absolute atomic E-state index is 0.0336. The molecule has 3 saturated heterocycles. The molecular formula is C48H80O17. The molecule has 0 aromatic rings. The van der Waals surface area contributed by atoms with Crippen molar-refractivity contribution in [2.45, 2.75) is 211 Å². The number of fused-ring (bicyclic) bond motifs is 7. The van der Waals surface area contributed by atoms with Crippen molar-refractivity contribution in [2.75, 3.05) is 26.9 Å². The highest BCUT2D eigenvalue weighted by atomic mass is 16.8. The zero-order valence-corrected chi connectivity index (χ0v) is 39.7. The van der Waals surface area contributed by atoms with Gasteiger partial charge in [-0.1, -0.05) is 60.1 Å². The van der Waals surface area contributed by atoms with E-state index in [4.69, 9.17) is 33.2 Å². The van der Waals surface area contributed by atoms with Crippen LogP contribution >= 0.6 is 0 Å². The third kappa shape index (κ3) is 7.85. The van der Waals surface area contributed by atoms with E-state index in [0.717, 1.165) is 38.5 Å². The van der Waals surface area contributed by atoms with Crippen LogP contribution in [0.1, 0.15) is 107 Å². The van der Waals surface area contributed by atoms with Crippen molar-refractivity contribution in [3.8, 4) is 0 Å². The third-order valence-corrected chi connectivity index (χ3v) is 19.3. The number of rotatable bonds is 9. The molecule has 0 aromatic heterocycles. The Kier molecular flexibility index (Phi) is 13.8. The van der Waals surface area contributed by atoms with Crippen molar-refractivity contribution < 1.29 is 84.2 Å². The van der Waals surface area contributed by atoms with Crippen LogP contribution < -0.4 is 0 Å².